The zero-order valence-electron chi connectivity index (χ0n) is 16.7. The van der Waals surface area contributed by atoms with Crippen molar-refractivity contribution in [3.05, 3.63) is 53.5 Å². The second kappa shape index (κ2) is 12.4. The van der Waals surface area contributed by atoms with Crippen LogP contribution in [0.5, 0.6) is 0 Å². The lowest BCUT2D eigenvalue weighted by Gasteiger charge is -2.49. The van der Waals surface area contributed by atoms with Gasteiger partial charge in [-0.2, -0.15) is 10.0 Å². The Kier molecular flexibility index (Phi) is 13.1. The Morgan fingerprint density at radius 3 is 1.91 bits per heavy atom. The fraction of sp³-hybridized carbons (Fsp3) is 0.524. The van der Waals surface area contributed by atoms with Crippen LogP contribution in [0.15, 0.2) is 58.4 Å². The van der Waals surface area contributed by atoms with Crippen molar-refractivity contribution in [3.8, 4) is 0 Å². The lowest BCUT2D eigenvalue weighted by atomic mass is 10.3. The molecule has 0 amide bonds. The molecule has 0 saturated heterocycles. The van der Waals surface area contributed by atoms with E-state index in [4.69, 9.17) is 5.11 Å². The Balaban J connectivity index is 0. The number of benzene rings is 1. The van der Waals surface area contributed by atoms with Crippen LogP contribution in [0.3, 0.4) is 0 Å². The van der Waals surface area contributed by atoms with E-state index in [-0.39, 0.29) is 4.75 Å². The van der Waals surface area contributed by atoms with E-state index in [0.29, 0.717) is 0 Å². The van der Waals surface area contributed by atoms with Gasteiger partial charge in [-0.25, -0.2) is 0 Å². The molecule has 0 aliphatic rings. The number of aliphatic hydroxyl groups is 1. The average Bonchev–Trinajstić information content (AvgIpc) is 2.58. The molecular formula is C21H38OS. The van der Waals surface area contributed by atoms with E-state index in [1.807, 2.05) is 13.8 Å². The highest BCUT2D eigenvalue weighted by atomic mass is 32.3. The molecule has 1 rings (SSSR count). The average molecular weight is 339 g/mol. The van der Waals surface area contributed by atoms with E-state index in [1.165, 1.54) is 9.80 Å². The van der Waals surface area contributed by atoms with Gasteiger partial charge >= 0.3 is 0 Å². The molecule has 1 aromatic carbocycles. The van der Waals surface area contributed by atoms with Crippen molar-refractivity contribution >= 4 is 10.0 Å². The van der Waals surface area contributed by atoms with Crippen molar-refractivity contribution in [1.29, 1.82) is 0 Å². The highest BCUT2D eigenvalue weighted by Crippen LogP contribution is 2.68. The van der Waals surface area contributed by atoms with Crippen LogP contribution in [0.4, 0.5) is 0 Å². The Morgan fingerprint density at radius 1 is 1.09 bits per heavy atom. The molecule has 0 aliphatic carbocycles. The van der Waals surface area contributed by atoms with Crippen molar-refractivity contribution in [1.82, 2.24) is 0 Å². The Labute approximate surface area is 146 Å². The molecule has 1 atom stereocenters. The number of hydrogen-bond donors (Lipinski definition) is 1. The van der Waals surface area contributed by atoms with Crippen LogP contribution < -0.4 is 0 Å². The van der Waals surface area contributed by atoms with Gasteiger partial charge in [0.25, 0.3) is 0 Å². The molecule has 2 heteroatoms. The van der Waals surface area contributed by atoms with Crippen LogP contribution in [0, 0.1) is 0 Å². The third-order valence-corrected chi connectivity index (χ3v) is 8.69. The molecular weight excluding hydrogens is 300 g/mol. The zero-order valence-corrected chi connectivity index (χ0v) is 17.5. The first kappa shape index (κ1) is 24.3. The van der Waals surface area contributed by atoms with Gasteiger partial charge in [-0.05, 0) is 46.3 Å². The summed E-state index contributed by atoms with van der Waals surface area (Å²) in [5, 5.41) is 7.00. The van der Waals surface area contributed by atoms with Crippen LogP contribution in [-0.4, -0.2) is 23.2 Å². The molecule has 0 aliphatic heterocycles. The summed E-state index contributed by atoms with van der Waals surface area (Å²) in [6.07, 6.45) is 10.4. The lowest BCUT2D eigenvalue weighted by Crippen LogP contribution is -2.25. The summed E-state index contributed by atoms with van der Waals surface area (Å²) in [5.74, 6) is 0. The molecule has 0 fully saturated rings. The number of hydrogen-bond acceptors (Lipinski definition) is 1. The molecule has 1 nitrogen and oxygen atoms in total. The van der Waals surface area contributed by atoms with E-state index in [1.54, 1.807) is 0 Å². The second-order valence-corrected chi connectivity index (χ2v) is 9.85. The minimum Gasteiger partial charge on any atom is -0.400 e. The molecule has 134 valence electrons. The van der Waals surface area contributed by atoms with Crippen molar-refractivity contribution in [2.45, 2.75) is 64.5 Å². The van der Waals surface area contributed by atoms with E-state index in [0.717, 1.165) is 13.5 Å². The maximum absolute atomic E-state index is 7.00. The lowest BCUT2D eigenvalue weighted by molar-refractivity contribution is 0.399. The van der Waals surface area contributed by atoms with Gasteiger partial charge in [0.05, 0.1) is 0 Å². The standard InChI is InChI=1S/C18H28S.C2H6.CH4O/c1-7-9-13-16(8-2)19(6,18(3,4)5)17-14-11-10-12-15-17;2*1-2/h8-15H,7H2,1-6H3;1-2H3;2H,1H3/b13-9-,16-8+;;. The second-order valence-electron chi connectivity index (χ2n) is 5.85. The first-order valence-corrected chi connectivity index (χ1v) is 10.5. The number of aliphatic hydroxyl groups excluding tert-OH is 1. The van der Waals surface area contributed by atoms with E-state index < -0.39 is 10.0 Å². The minimum atomic E-state index is -1.02. The molecule has 0 radical (unpaired) electrons. The van der Waals surface area contributed by atoms with Gasteiger partial charge in [-0.3, -0.25) is 0 Å². The van der Waals surface area contributed by atoms with Crippen molar-refractivity contribution < 1.29 is 5.11 Å². The summed E-state index contributed by atoms with van der Waals surface area (Å²) in [6, 6.07) is 11.0. The topological polar surface area (TPSA) is 20.2 Å². The van der Waals surface area contributed by atoms with Crippen molar-refractivity contribution in [2.75, 3.05) is 13.4 Å². The highest BCUT2D eigenvalue weighted by Gasteiger charge is 2.35. The summed E-state index contributed by atoms with van der Waals surface area (Å²) in [6.45, 7) is 15.4. The fourth-order valence-electron chi connectivity index (χ4n) is 2.24. The Hall–Kier alpha value is -0.990. The Morgan fingerprint density at radius 2 is 1.57 bits per heavy atom. The molecule has 0 aromatic heterocycles. The SMILES string of the molecule is C/C=C(\C=C/CC)S(C)(c1ccccc1)C(C)(C)C.CC.CO. The predicted octanol–water partition coefficient (Wildman–Crippen LogP) is 6.78. The quantitative estimate of drug-likeness (QED) is 0.600. The van der Waals surface area contributed by atoms with Crippen LogP contribution in [0.1, 0.15) is 54.9 Å². The molecule has 0 bridgehead atoms. The predicted molar refractivity (Wildman–Crippen MR) is 111 cm³/mol. The number of rotatable bonds is 4. The van der Waals surface area contributed by atoms with Gasteiger partial charge in [0.2, 0.25) is 0 Å². The summed E-state index contributed by atoms with van der Waals surface area (Å²) in [4.78, 5) is 2.95. The molecule has 0 heterocycles. The monoisotopic (exact) mass is 338 g/mol. The third kappa shape index (κ3) is 6.56. The molecule has 1 N–H and O–H groups in total. The first-order chi connectivity index (χ1) is 10.9. The molecule has 0 saturated carbocycles. The van der Waals surface area contributed by atoms with Gasteiger partial charge in [0.1, 0.15) is 0 Å². The summed E-state index contributed by atoms with van der Waals surface area (Å²) in [7, 11) is -0.0227. The largest absolute Gasteiger partial charge is 0.400 e. The normalized spacial score (nSPS) is 15.7. The van der Waals surface area contributed by atoms with Crippen molar-refractivity contribution in [2.24, 2.45) is 0 Å². The minimum absolute atomic E-state index is 0.244. The van der Waals surface area contributed by atoms with E-state index in [9.17, 15) is 0 Å². The third-order valence-electron chi connectivity index (χ3n) is 3.71. The summed E-state index contributed by atoms with van der Waals surface area (Å²) < 4.78 is 0.244. The maximum Gasteiger partial charge on any atom is 0.0319 e. The molecule has 0 spiro atoms. The maximum atomic E-state index is 7.00. The van der Waals surface area contributed by atoms with Gasteiger partial charge in [0, 0.05) is 7.11 Å². The van der Waals surface area contributed by atoms with Gasteiger partial charge in [-0.15, -0.1) is 0 Å². The first-order valence-electron chi connectivity index (χ1n) is 8.48. The van der Waals surface area contributed by atoms with Crippen LogP contribution in [0.2, 0.25) is 0 Å². The number of allylic oxidation sites excluding steroid dienone is 3. The molecule has 1 aromatic rings. The Bertz CT molecular complexity index is 454. The molecule has 1 unspecified atom stereocenters. The smallest absolute Gasteiger partial charge is 0.0319 e. The summed E-state index contributed by atoms with van der Waals surface area (Å²) >= 11 is 0. The van der Waals surface area contributed by atoms with Gasteiger partial charge < -0.3 is 5.11 Å². The highest BCUT2D eigenvalue weighted by molar-refractivity contribution is 8.37. The fourth-order valence-corrected chi connectivity index (χ4v) is 5.47. The summed E-state index contributed by atoms with van der Waals surface area (Å²) in [5.41, 5.74) is 0. The van der Waals surface area contributed by atoms with E-state index in [2.05, 4.69) is 89.4 Å². The van der Waals surface area contributed by atoms with Crippen molar-refractivity contribution in [3.63, 3.8) is 0 Å². The van der Waals surface area contributed by atoms with Crippen LogP contribution in [0.25, 0.3) is 0 Å². The molecule has 23 heavy (non-hydrogen) atoms. The van der Waals surface area contributed by atoms with Crippen LogP contribution in [-0.2, 0) is 0 Å². The van der Waals surface area contributed by atoms with E-state index >= 15 is 0 Å². The van der Waals surface area contributed by atoms with Gasteiger partial charge in [-0.1, -0.05) is 78.0 Å². The van der Waals surface area contributed by atoms with Gasteiger partial charge in [0.15, 0.2) is 0 Å². The zero-order chi connectivity index (χ0) is 18.5. The van der Waals surface area contributed by atoms with Crippen LogP contribution >= 0.6 is 10.0 Å².